The van der Waals surface area contributed by atoms with Gasteiger partial charge in [-0.1, -0.05) is 26.7 Å². The molecule has 0 bridgehead atoms. The molecule has 0 radical (unpaired) electrons. The lowest BCUT2D eigenvalue weighted by Gasteiger charge is -2.10. The summed E-state index contributed by atoms with van der Waals surface area (Å²) in [4.78, 5) is 8.72. The van der Waals surface area contributed by atoms with Crippen LogP contribution in [0.25, 0.3) is 0 Å². The summed E-state index contributed by atoms with van der Waals surface area (Å²) in [6.45, 7) is 6.06. The first-order valence-corrected chi connectivity index (χ1v) is 7.55. The molecule has 0 saturated heterocycles. The molecule has 18 heavy (non-hydrogen) atoms. The van der Waals surface area contributed by atoms with E-state index in [2.05, 4.69) is 39.8 Å². The van der Waals surface area contributed by atoms with E-state index in [1.165, 1.54) is 24.3 Å². The van der Waals surface area contributed by atoms with E-state index in [1.54, 1.807) is 18.4 Å². The van der Waals surface area contributed by atoms with E-state index >= 15 is 0 Å². The van der Waals surface area contributed by atoms with Gasteiger partial charge in [-0.3, -0.25) is 4.99 Å². The van der Waals surface area contributed by atoms with Crippen molar-refractivity contribution in [2.75, 3.05) is 13.6 Å². The summed E-state index contributed by atoms with van der Waals surface area (Å²) in [5.41, 5.74) is 1.09. The lowest BCUT2D eigenvalue weighted by atomic mass is 10.2. The van der Waals surface area contributed by atoms with E-state index in [0.29, 0.717) is 0 Å². The van der Waals surface area contributed by atoms with Gasteiger partial charge in [0.15, 0.2) is 5.96 Å². The molecule has 0 unspecified atom stereocenters. The van der Waals surface area contributed by atoms with Crippen molar-refractivity contribution in [2.24, 2.45) is 4.99 Å². The molecule has 0 aliphatic carbocycles. The number of unbranched alkanes of at least 4 members (excludes halogenated alkanes) is 2. The monoisotopic (exact) mass is 268 g/mol. The Hall–Kier alpha value is -1.10. The maximum atomic E-state index is 4.52. The Morgan fingerprint density at radius 2 is 2.17 bits per heavy atom. The number of hydrogen-bond donors (Lipinski definition) is 2. The van der Waals surface area contributed by atoms with Crippen LogP contribution in [0.5, 0.6) is 0 Å². The van der Waals surface area contributed by atoms with Crippen LogP contribution in [0.4, 0.5) is 0 Å². The molecule has 0 saturated carbocycles. The Morgan fingerprint density at radius 1 is 1.33 bits per heavy atom. The molecule has 102 valence electrons. The minimum atomic E-state index is 0.740. The van der Waals surface area contributed by atoms with Gasteiger partial charge in [0.05, 0.1) is 17.2 Å². The molecule has 0 aliphatic rings. The highest BCUT2D eigenvalue weighted by molar-refractivity contribution is 7.09. The van der Waals surface area contributed by atoms with Crippen LogP contribution in [-0.2, 0) is 13.0 Å². The van der Waals surface area contributed by atoms with Gasteiger partial charge >= 0.3 is 0 Å². The Bertz CT molecular complexity index is 360. The van der Waals surface area contributed by atoms with E-state index < -0.39 is 0 Å². The molecule has 5 heteroatoms. The maximum Gasteiger partial charge on any atom is 0.191 e. The lowest BCUT2D eigenvalue weighted by molar-refractivity contribution is 0.681. The number of aryl methyl sites for hydroxylation is 1. The molecule has 1 aromatic heterocycles. The van der Waals surface area contributed by atoms with E-state index in [4.69, 9.17) is 0 Å². The molecule has 0 fully saturated rings. The average molecular weight is 268 g/mol. The van der Waals surface area contributed by atoms with Crippen molar-refractivity contribution in [3.8, 4) is 0 Å². The van der Waals surface area contributed by atoms with Gasteiger partial charge < -0.3 is 10.6 Å². The predicted octanol–water partition coefficient (Wildman–Crippen LogP) is 2.56. The van der Waals surface area contributed by atoms with Crippen molar-refractivity contribution in [1.29, 1.82) is 0 Å². The third kappa shape index (κ3) is 5.49. The second kappa shape index (κ2) is 8.91. The van der Waals surface area contributed by atoms with Crippen LogP contribution >= 0.6 is 11.3 Å². The summed E-state index contributed by atoms with van der Waals surface area (Å²) < 4.78 is 0. The number of aliphatic imine (C=N–C) groups is 1. The van der Waals surface area contributed by atoms with Gasteiger partial charge in [-0.15, -0.1) is 11.3 Å². The zero-order valence-electron chi connectivity index (χ0n) is 11.6. The summed E-state index contributed by atoms with van der Waals surface area (Å²) in [6, 6.07) is 0. The van der Waals surface area contributed by atoms with Crippen molar-refractivity contribution < 1.29 is 0 Å². The molecule has 0 spiro atoms. The highest BCUT2D eigenvalue weighted by atomic mass is 32.1. The third-order valence-corrected chi connectivity index (χ3v) is 3.68. The van der Waals surface area contributed by atoms with Gasteiger partial charge in [0, 0.05) is 19.0 Å². The van der Waals surface area contributed by atoms with Gasteiger partial charge in [-0.05, 0) is 12.8 Å². The Balaban J connectivity index is 2.26. The van der Waals surface area contributed by atoms with E-state index in [0.717, 1.165) is 31.2 Å². The Labute approximate surface area is 114 Å². The number of aromatic nitrogens is 1. The van der Waals surface area contributed by atoms with Crippen molar-refractivity contribution in [3.05, 3.63) is 16.1 Å². The van der Waals surface area contributed by atoms with Crippen molar-refractivity contribution in [3.63, 3.8) is 0 Å². The van der Waals surface area contributed by atoms with Gasteiger partial charge in [0.2, 0.25) is 0 Å². The fourth-order valence-electron chi connectivity index (χ4n) is 1.57. The Morgan fingerprint density at radius 3 is 2.78 bits per heavy atom. The number of thiazole rings is 1. The second-order valence-corrected chi connectivity index (χ2v) is 5.09. The minimum absolute atomic E-state index is 0.740. The Kier molecular flexibility index (Phi) is 7.41. The van der Waals surface area contributed by atoms with E-state index in [-0.39, 0.29) is 0 Å². The van der Waals surface area contributed by atoms with Gasteiger partial charge in [0.1, 0.15) is 0 Å². The number of rotatable bonds is 7. The summed E-state index contributed by atoms with van der Waals surface area (Å²) >= 11 is 1.72. The zero-order chi connectivity index (χ0) is 13.2. The first kappa shape index (κ1) is 15.0. The van der Waals surface area contributed by atoms with Crippen LogP contribution < -0.4 is 10.6 Å². The topological polar surface area (TPSA) is 49.3 Å². The summed E-state index contributed by atoms with van der Waals surface area (Å²) in [5.74, 6) is 0.858. The first-order valence-electron chi connectivity index (χ1n) is 6.67. The molecule has 0 aliphatic heterocycles. The molecular formula is C13H24N4S. The first-order chi connectivity index (χ1) is 8.80. The second-order valence-electron chi connectivity index (χ2n) is 4.15. The van der Waals surface area contributed by atoms with Gasteiger partial charge in [-0.25, -0.2) is 4.98 Å². The molecule has 4 nitrogen and oxygen atoms in total. The molecule has 0 atom stereocenters. The molecule has 1 heterocycles. The largest absolute Gasteiger partial charge is 0.356 e. The average Bonchev–Trinajstić information content (AvgIpc) is 2.86. The van der Waals surface area contributed by atoms with Crippen LogP contribution in [-0.4, -0.2) is 24.5 Å². The normalized spacial score (nSPS) is 11.6. The number of nitrogens with one attached hydrogen (secondary N) is 2. The molecule has 0 amide bonds. The highest BCUT2D eigenvalue weighted by Crippen LogP contribution is 2.09. The summed E-state index contributed by atoms with van der Waals surface area (Å²) in [7, 11) is 1.80. The van der Waals surface area contributed by atoms with Gasteiger partial charge in [-0.2, -0.15) is 0 Å². The maximum absolute atomic E-state index is 4.52. The third-order valence-electron chi connectivity index (χ3n) is 2.64. The quantitative estimate of drug-likeness (QED) is 0.454. The zero-order valence-corrected chi connectivity index (χ0v) is 12.4. The highest BCUT2D eigenvalue weighted by Gasteiger charge is 2.01. The van der Waals surface area contributed by atoms with Crippen LogP contribution in [0, 0.1) is 0 Å². The van der Waals surface area contributed by atoms with E-state index in [9.17, 15) is 0 Å². The minimum Gasteiger partial charge on any atom is -0.356 e. The fraction of sp³-hybridized carbons (Fsp3) is 0.692. The molecule has 0 aromatic carbocycles. The summed E-state index contributed by atoms with van der Waals surface area (Å²) in [6.07, 6.45) is 4.70. The fourth-order valence-corrected chi connectivity index (χ4v) is 2.31. The van der Waals surface area contributed by atoms with E-state index in [1.807, 2.05) is 0 Å². The number of guanidine groups is 1. The van der Waals surface area contributed by atoms with Crippen LogP contribution in [0.15, 0.2) is 10.4 Å². The number of hydrogen-bond acceptors (Lipinski definition) is 3. The van der Waals surface area contributed by atoms with Crippen LogP contribution in [0.1, 0.15) is 43.8 Å². The van der Waals surface area contributed by atoms with Crippen molar-refractivity contribution >= 4 is 17.3 Å². The number of nitrogens with zero attached hydrogens (tertiary/aromatic N) is 2. The predicted molar refractivity (Wildman–Crippen MR) is 79.2 cm³/mol. The summed E-state index contributed by atoms with van der Waals surface area (Å²) in [5, 5.41) is 9.89. The van der Waals surface area contributed by atoms with Gasteiger partial charge in [0.25, 0.3) is 0 Å². The SMILES string of the molecule is CCCCCNC(=NC)NCc1csc(CC)n1. The van der Waals surface area contributed by atoms with Crippen LogP contribution in [0.2, 0.25) is 0 Å². The molecular weight excluding hydrogens is 244 g/mol. The van der Waals surface area contributed by atoms with Crippen molar-refractivity contribution in [2.45, 2.75) is 46.1 Å². The standard InChI is InChI=1S/C13H24N4S/c1-4-6-7-8-15-13(14-3)16-9-11-10-18-12(5-2)17-11/h10H,4-9H2,1-3H3,(H2,14,15,16). The van der Waals surface area contributed by atoms with Crippen LogP contribution in [0.3, 0.4) is 0 Å². The molecule has 1 rings (SSSR count). The molecule has 2 N–H and O–H groups in total. The molecule has 1 aromatic rings. The smallest absolute Gasteiger partial charge is 0.191 e. The lowest BCUT2D eigenvalue weighted by Crippen LogP contribution is -2.37. The van der Waals surface area contributed by atoms with Crippen molar-refractivity contribution in [1.82, 2.24) is 15.6 Å².